The summed E-state index contributed by atoms with van der Waals surface area (Å²) in [6, 6.07) is 4.68. The van der Waals surface area contributed by atoms with Crippen molar-refractivity contribution < 1.29 is 13.5 Å². The molecule has 0 aliphatic rings. The lowest BCUT2D eigenvalue weighted by Crippen LogP contribution is -2.16. The van der Waals surface area contributed by atoms with Crippen molar-refractivity contribution in [3.63, 3.8) is 0 Å². The molecular weight excluding hydrogens is 200 g/mol. The second-order valence-electron chi connectivity index (χ2n) is 3.41. The number of benzene rings is 1. The van der Waals surface area contributed by atoms with Gasteiger partial charge in [0.15, 0.2) is 0 Å². The van der Waals surface area contributed by atoms with Gasteiger partial charge in [-0.15, -0.1) is 0 Å². The highest BCUT2D eigenvalue weighted by Gasteiger charge is 2.28. The van der Waals surface area contributed by atoms with E-state index < -0.39 is 5.92 Å². The van der Waals surface area contributed by atoms with Crippen molar-refractivity contribution in [3.8, 4) is 5.75 Å². The van der Waals surface area contributed by atoms with Gasteiger partial charge in [-0.2, -0.15) is 0 Å². The second kappa shape index (κ2) is 4.57. The van der Waals surface area contributed by atoms with Gasteiger partial charge in [0.1, 0.15) is 5.75 Å². The molecule has 1 aromatic rings. The maximum Gasteiger partial charge on any atom is 0.270 e. The lowest BCUT2D eigenvalue weighted by Gasteiger charge is -2.18. The van der Waals surface area contributed by atoms with Gasteiger partial charge in [0, 0.05) is 24.6 Å². The maximum atomic E-state index is 13.3. The fourth-order valence-corrected chi connectivity index (χ4v) is 1.53. The Balaban J connectivity index is 3.25. The molecule has 0 saturated carbocycles. The monoisotopic (exact) mass is 215 g/mol. The molecule has 15 heavy (non-hydrogen) atoms. The SMILES string of the molecule is CNCc1c(OC)cccc1C(C)(F)F. The largest absolute Gasteiger partial charge is 0.496 e. The maximum absolute atomic E-state index is 13.3. The Labute approximate surface area is 88.3 Å². The molecule has 4 heteroatoms. The van der Waals surface area contributed by atoms with E-state index >= 15 is 0 Å². The summed E-state index contributed by atoms with van der Waals surface area (Å²) in [5, 5.41) is 2.86. The van der Waals surface area contributed by atoms with E-state index in [1.54, 1.807) is 19.2 Å². The van der Waals surface area contributed by atoms with E-state index in [0.717, 1.165) is 6.92 Å². The summed E-state index contributed by atoms with van der Waals surface area (Å²) in [5.74, 6) is -2.36. The number of methoxy groups -OCH3 is 1. The molecule has 1 aromatic carbocycles. The number of nitrogens with one attached hydrogen (secondary N) is 1. The summed E-state index contributed by atoms with van der Waals surface area (Å²) in [6.45, 7) is 1.25. The third-order valence-corrected chi connectivity index (χ3v) is 2.18. The molecule has 0 radical (unpaired) electrons. The van der Waals surface area contributed by atoms with E-state index in [2.05, 4.69) is 5.32 Å². The minimum absolute atomic E-state index is 0.0104. The van der Waals surface area contributed by atoms with Gasteiger partial charge >= 0.3 is 0 Å². The van der Waals surface area contributed by atoms with Crippen molar-refractivity contribution in [2.45, 2.75) is 19.4 Å². The smallest absolute Gasteiger partial charge is 0.270 e. The summed E-state index contributed by atoms with van der Waals surface area (Å²) < 4.78 is 31.6. The molecular formula is C11H15F2NO. The van der Waals surface area contributed by atoms with E-state index in [1.807, 2.05) is 0 Å². The van der Waals surface area contributed by atoms with E-state index in [-0.39, 0.29) is 5.56 Å². The topological polar surface area (TPSA) is 21.3 Å². The van der Waals surface area contributed by atoms with Gasteiger partial charge in [0.05, 0.1) is 7.11 Å². The molecule has 0 saturated heterocycles. The van der Waals surface area contributed by atoms with Crippen molar-refractivity contribution in [1.29, 1.82) is 0 Å². The number of hydrogen-bond donors (Lipinski definition) is 1. The van der Waals surface area contributed by atoms with Crippen LogP contribution in [0, 0.1) is 0 Å². The van der Waals surface area contributed by atoms with Gasteiger partial charge in [-0.1, -0.05) is 12.1 Å². The van der Waals surface area contributed by atoms with E-state index in [1.165, 1.54) is 13.2 Å². The van der Waals surface area contributed by atoms with Gasteiger partial charge in [-0.25, -0.2) is 8.78 Å². The first-order valence-electron chi connectivity index (χ1n) is 4.69. The molecule has 0 bridgehead atoms. The summed E-state index contributed by atoms with van der Waals surface area (Å²) in [6.07, 6.45) is 0. The zero-order valence-electron chi connectivity index (χ0n) is 9.10. The first-order valence-corrected chi connectivity index (χ1v) is 4.69. The van der Waals surface area contributed by atoms with E-state index in [4.69, 9.17) is 4.74 Å². The molecule has 1 N–H and O–H groups in total. The molecule has 0 heterocycles. The number of rotatable bonds is 4. The minimum atomic E-state index is -2.85. The van der Waals surface area contributed by atoms with Crippen LogP contribution >= 0.6 is 0 Å². The van der Waals surface area contributed by atoms with Gasteiger partial charge in [0.25, 0.3) is 5.92 Å². The van der Waals surface area contributed by atoms with Crippen LogP contribution in [0.5, 0.6) is 5.75 Å². The zero-order valence-corrected chi connectivity index (χ0v) is 9.10. The summed E-state index contributed by atoms with van der Waals surface area (Å²) in [7, 11) is 3.19. The summed E-state index contributed by atoms with van der Waals surface area (Å²) >= 11 is 0. The molecule has 84 valence electrons. The van der Waals surface area contributed by atoms with Crippen molar-refractivity contribution in [1.82, 2.24) is 5.32 Å². The fraction of sp³-hybridized carbons (Fsp3) is 0.455. The quantitative estimate of drug-likeness (QED) is 0.833. The Morgan fingerprint density at radius 1 is 1.40 bits per heavy atom. The van der Waals surface area contributed by atoms with Crippen LogP contribution in [0.4, 0.5) is 8.78 Å². The van der Waals surface area contributed by atoms with Crippen LogP contribution in [-0.4, -0.2) is 14.2 Å². The normalized spacial score (nSPS) is 11.5. The van der Waals surface area contributed by atoms with Crippen LogP contribution in [0.3, 0.4) is 0 Å². The Morgan fingerprint density at radius 3 is 2.53 bits per heavy atom. The summed E-state index contributed by atoms with van der Waals surface area (Å²) in [4.78, 5) is 0. The van der Waals surface area contributed by atoms with Crippen molar-refractivity contribution in [2.24, 2.45) is 0 Å². The van der Waals surface area contributed by atoms with E-state index in [0.29, 0.717) is 17.9 Å². The average molecular weight is 215 g/mol. The standard InChI is InChI=1S/C11H15F2NO/c1-11(12,13)9-5-4-6-10(15-3)8(9)7-14-2/h4-6,14H,7H2,1-3H3. The van der Waals surface area contributed by atoms with Crippen LogP contribution in [0.15, 0.2) is 18.2 Å². The predicted molar refractivity (Wildman–Crippen MR) is 55.3 cm³/mol. The third kappa shape index (κ3) is 2.65. The fourth-order valence-electron chi connectivity index (χ4n) is 1.53. The van der Waals surface area contributed by atoms with Gasteiger partial charge < -0.3 is 10.1 Å². The van der Waals surface area contributed by atoms with Crippen LogP contribution in [0.2, 0.25) is 0 Å². The van der Waals surface area contributed by atoms with Crippen molar-refractivity contribution in [2.75, 3.05) is 14.2 Å². The number of ether oxygens (including phenoxy) is 1. The molecule has 1 rings (SSSR count). The lowest BCUT2D eigenvalue weighted by molar-refractivity contribution is 0.0162. The van der Waals surface area contributed by atoms with E-state index in [9.17, 15) is 8.78 Å². The Morgan fingerprint density at radius 2 is 2.07 bits per heavy atom. The highest BCUT2D eigenvalue weighted by atomic mass is 19.3. The molecule has 0 aromatic heterocycles. The highest BCUT2D eigenvalue weighted by Crippen LogP contribution is 2.34. The average Bonchev–Trinajstić information content (AvgIpc) is 2.17. The predicted octanol–water partition coefficient (Wildman–Crippen LogP) is 2.53. The number of halogens is 2. The Hall–Kier alpha value is -1.16. The summed E-state index contributed by atoms with van der Waals surface area (Å²) in [5.41, 5.74) is 0.520. The third-order valence-electron chi connectivity index (χ3n) is 2.18. The van der Waals surface area contributed by atoms with Crippen LogP contribution < -0.4 is 10.1 Å². The van der Waals surface area contributed by atoms with Crippen LogP contribution in [-0.2, 0) is 12.5 Å². The number of hydrogen-bond acceptors (Lipinski definition) is 2. The molecule has 0 fully saturated rings. The molecule has 0 atom stereocenters. The minimum Gasteiger partial charge on any atom is -0.496 e. The van der Waals surface area contributed by atoms with Gasteiger partial charge in [-0.05, 0) is 13.1 Å². The van der Waals surface area contributed by atoms with Crippen molar-refractivity contribution in [3.05, 3.63) is 29.3 Å². The second-order valence-corrected chi connectivity index (χ2v) is 3.41. The van der Waals surface area contributed by atoms with Crippen LogP contribution in [0.25, 0.3) is 0 Å². The molecule has 0 aliphatic carbocycles. The zero-order chi connectivity index (χ0) is 11.5. The van der Waals surface area contributed by atoms with Crippen LogP contribution in [0.1, 0.15) is 18.1 Å². The molecule has 0 aliphatic heterocycles. The Bertz CT molecular complexity index is 334. The molecule has 0 amide bonds. The highest BCUT2D eigenvalue weighted by molar-refractivity contribution is 5.42. The first kappa shape index (κ1) is 11.9. The first-order chi connectivity index (χ1) is 7.00. The molecule has 0 unspecified atom stereocenters. The number of alkyl halides is 2. The van der Waals surface area contributed by atoms with Gasteiger partial charge in [-0.3, -0.25) is 0 Å². The Kier molecular flexibility index (Phi) is 3.63. The van der Waals surface area contributed by atoms with Gasteiger partial charge in [0.2, 0.25) is 0 Å². The van der Waals surface area contributed by atoms with Crippen molar-refractivity contribution >= 4 is 0 Å². The molecule has 2 nitrogen and oxygen atoms in total. The molecule has 0 spiro atoms. The lowest BCUT2D eigenvalue weighted by atomic mass is 10.0.